The molecule has 0 spiro atoms. The number of hydrogen-bond donors (Lipinski definition) is 1. The van der Waals surface area contributed by atoms with Gasteiger partial charge in [0.2, 0.25) is 0 Å². The van der Waals surface area contributed by atoms with E-state index >= 15 is 0 Å². The van der Waals surface area contributed by atoms with E-state index in [1.54, 1.807) is 0 Å². The fourth-order valence-corrected chi connectivity index (χ4v) is 1.89. The van der Waals surface area contributed by atoms with Gasteiger partial charge in [-0.15, -0.1) is 0 Å². The van der Waals surface area contributed by atoms with Gasteiger partial charge in [0.15, 0.2) is 11.5 Å². The Labute approximate surface area is 101 Å². The molecular weight excluding hydrogens is 218 g/mol. The van der Waals surface area contributed by atoms with Crippen molar-refractivity contribution in [2.24, 2.45) is 5.92 Å². The maximum absolute atomic E-state index is 5.96. The van der Waals surface area contributed by atoms with Crippen LogP contribution in [-0.4, -0.2) is 19.8 Å². The van der Waals surface area contributed by atoms with Crippen molar-refractivity contribution in [1.82, 2.24) is 0 Å². The van der Waals surface area contributed by atoms with Crippen LogP contribution in [0.1, 0.15) is 18.4 Å². The molecule has 0 saturated heterocycles. The molecule has 0 bridgehead atoms. The summed E-state index contributed by atoms with van der Waals surface area (Å²) in [7, 11) is 0. The van der Waals surface area contributed by atoms with E-state index in [4.69, 9.17) is 19.9 Å². The lowest BCUT2D eigenvalue weighted by Gasteiger charge is -2.20. The Kier molecular flexibility index (Phi) is 2.81. The molecule has 4 heteroatoms. The van der Waals surface area contributed by atoms with Gasteiger partial charge in [0, 0.05) is 23.9 Å². The van der Waals surface area contributed by atoms with Crippen LogP contribution in [0.5, 0.6) is 11.5 Å². The van der Waals surface area contributed by atoms with Gasteiger partial charge < -0.3 is 19.9 Å². The molecule has 4 nitrogen and oxygen atoms in total. The third-order valence-electron chi connectivity index (χ3n) is 3.11. The van der Waals surface area contributed by atoms with E-state index < -0.39 is 0 Å². The normalized spacial score (nSPS) is 18.1. The fourth-order valence-electron chi connectivity index (χ4n) is 1.89. The van der Waals surface area contributed by atoms with Gasteiger partial charge in [-0.25, -0.2) is 0 Å². The van der Waals surface area contributed by atoms with Crippen molar-refractivity contribution in [3.8, 4) is 11.5 Å². The van der Waals surface area contributed by atoms with Crippen LogP contribution < -0.4 is 15.2 Å². The van der Waals surface area contributed by atoms with Crippen molar-refractivity contribution in [3.63, 3.8) is 0 Å². The van der Waals surface area contributed by atoms with Crippen molar-refractivity contribution in [1.29, 1.82) is 0 Å². The predicted octanol–water partition coefficient (Wildman–Crippen LogP) is 1.97. The van der Waals surface area contributed by atoms with Crippen LogP contribution in [-0.2, 0) is 11.3 Å². The average Bonchev–Trinajstić information content (AvgIpc) is 3.14. The smallest absolute Gasteiger partial charge is 0.163 e. The second kappa shape index (κ2) is 4.45. The second-order valence-electron chi connectivity index (χ2n) is 4.65. The lowest BCUT2D eigenvalue weighted by molar-refractivity contribution is 0.111. The lowest BCUT2D eigenvalue weighted by atomic mass is 10.1. The molecule has 0 aromatic heterocycles. The molecule has 0 radical (unpaired) electrons. The van der Waals surface area contributed by atoms with Gasteiger partial charge in [-0.2, -0.15) is 0 Å². The first-order chi connectivity index (χ1) is 8.33. The van der Waals surface area contributed by atoms with Gasteiger partial charge in [-0.05, 0) is 24.8 Å². The Morgan fingerprint density at radius 1 is 1.18 bits per heavy atom. The number of fused-ring (bicyclic) bond motifs is 1. The van der Waals surface area contributed by atoms with Crippen molar-refractivity contribution < 1.29 is 14.2 Å². The molecule has 1 aromatic rings. The highest BCUT2D eigenvalue weighted by Crippen LogP contribution is 2.35. The molecule has 0 amide bonds. The van der Waals surface area contributed by atoms with E-state index in [1.165, 1.54) is 12.8 Å². The maximum Gasteiger partial charge on any atom is 0.163 e. The minimum absolute atomic E-state index is 0.555. The molecular formula is C13H17NO3. The molecule has 0 atom stereocenters. The summed E-state index contributed by atoms with van der Waals surface area (Å²) in [5, 5.41) is 0. The Hall–Kier alpha value is -1.42. The summed E-state index contributed by atoms with van der Waals surface area (Å²) in [6, 6.07) is 3.75. The number of rotatable bonds is 4. The lowest BCUT2D eigenvalue weighted by Crippen LogP contribution is -2.16. The molecule has 0 unspecified atom stereocenters. The number of nitrogens with two attached hydrogens (primary N) is 1. The van der Waals surface area contributed by atoms with Gasteiger partial charge in [-0.3, -0.25) is 0 Å². The first kappa shape index (κ1) is 10.7. The van der Waals surface area contributed by atoms with Crippen LogP contribution in [0.25, 0.3) is 0 Å². The predicted molar refractivity (Wildman–Crippen MR) is 64.2 cm³/mol. The zero-order valence-corrected chi connectivity index (χ0v) is 9.78. The first-order valence-electron chi connectivity index (χ1n) is 6.08. The van der Waals surface area contributed by atoms with Gasteiger partial charge in [0.1, 0.15) is 13.2 Å². The van der Waals surface area contributed by atoms with E-state index in [-0.39, 0.29) is 0 Å². The molecule has 1 aromatic carbocycles. The molecule has 3 rings (SSSR count). The van der Waals surface area contributed by atoms with E-state index in [0.29, 0.717) is 25.5 Å². The summed E-state index contributed by atoms with van der Waals surface area (Å²) in [5.74, 6) is 2.28. The highest BCUT2D eigenvalue weighted by atomic mass is 16.6. The van der Waals surface area contributed by atoms with Crippen molar-refractivity contribution in [3.05, 3.63) is 17.7 Å². The minimum Gasteiger partial charge on any atom is -0.486 e. The van der Waals surface area contributed by atoms with Crippen molar-refractivity contribution >= 4 is 5.69 Å². The molecule has 2 N–H and O–H groups in total. The molecule has 2 aliphatic rings. The van der Waals surface area contributed by atoms with Crippen LogP contribution >= 0.6 is 0 Å². The summed E-state index contributed by atoms with van der Waals surface area (Å²) in [6.07, 6.45) is 2.60. The third-order valence-corrected chi connectivity index (χ3v) is 3.11. The number of nitrogen functional groups attached to an aromatic ring is 1. The Bertz CT molecular complexity index is 415. The van der Waals surface area contributed by atoms with E-state index in [1.807, 2.05) is 12.1 Å². The summed E-state index contributed by atoms with van der Waals surface area (Å²) >= 11 is 0. The highest BCUT2D eigenvalue weighted by molar-refractivity contribution is 5.58. The largest absolute Gasteiger partial charge is 0.486 e. The van der Waals surface area contributed by atoms with Crippen LogP contribution in [0.15, 0.2) is 12.1 Å². The van der Waals surface area contributed by atoms with E-state index in [2.05, 4.69) is 0 Å². The zero-order valence-electron chi connectivity index (χ0n) is 9.78. The zero-order chi connectivity index (χ0) is 11.7. The molecule has 1 aliphatic heterocycles. The molecule has 17 heavy (non-hydrogen) atoms. The van der Waals surface area contributed by atoms with Crippen LogP contribution in [0.3, 0.4) is 0 Å². The number of benzene rings is 1. The Balaban J connectivity index is 1.69. The standard InChI is InChI=1S/C13H17NO3/c14-11-6-13-12(16-3-4-17-13)5-10(11)8-15-7-9-1-2-9/h5-6,9H,1-4,7-8,14H2. The third kappa shape index (κ3) is 2.47. The van der Waals surface area contributed by atoms with E-state index in [0.717, 1.165) is 29.6 Å². The van der Waals surface area contributed by atoms with Crippen LogP contribution in [0.4, 0.5) is 5.69 Å². The average molecular weight is 235 g/mol. The topological polar surface area (TPSA) is 53.7 Å². The Morgan fingerprint density at radius 2 is 1.88 bits per heavy atom. The number of ether oxygens (including phenoxy) is 3. The summed E-state index contributed by atoms with van der Waals surface area (Å²) in [6.45, 7) is 2.58. The van der Waals surface area contributed by atoms with Gasteiger partial charge >= 0.3 is 0 Å². The van der Waals surface area contributed by atoms with Crippen LogP contribution in [0, 0.1) is 5.92 Å². The summed E-state index contributed by atoms with van der Waals surface area (Å²) in [5.41, 5.74) is 7.66. The molecule has 1 aliphatic carbocycles. The summed E-state index contributed by atoms with van der Waals surface area (Å²) in [4.78, 5) is 0. The molecule has 92 valence electrons. The first-order valence-corrected chi connectivity index (χ1v) is 6.08. The van der Waals surface area contributed by atoms with Crippen molar-refractivity contribution in [2.45, 2.75) is 19.4 Å². The van der Waals surface area contributed by atoms with Gasteiger partial charge in [0.05, 0.1) is 6.61 Å². The van der Waals surface area contributed by atoms with Crippen LogP contribution in [0.2, 0.25) is 0 Å². The molecule has 1 saturated carbocycles. The summed E-state index contributed by atoms with van der Waals surface area (Å²) < 4.78 is 16.6. The number of anilines is 1. The maximum atomic E-state index is 5.96. The SMILES string of the molecule is Nc1cc2c(cc1COCC1CC1)OCCO2. The number of hydrogen-bond acceptors (Lipinski definition) is 4. The quantitative estimate of drug-likeness (QED) is 0.811. The molecule has 1 heterocycles. The second-order valence-corrected chi connectivity index (χ2v) is 4.65. The molecule has 1 fully saturated rings. The van der Waals surface area contributed by atoms with Gasteiger partial charge in [-0.1, -0.05) is 0 Å². The highest BCUT2D eigenvalue weighted by Gasteiger charge is 2.21. The van der Waals surface area contributed by atoms with E-state index in [9.17, 15) is 0 Å². The van der Waals surface area contributed by atoms with Gasteiger partial charge in [0.25, 0.3) is 0 Å². The van der Waals surface area contributed by atoms with Crippen molar-refractivity contribution in [2.75, 3.05) is 25.6 Å². The Morgan fingerprint density at radius 3 is 2.59 bits per heavy atom. The minimum atomic E-state index is 0.555. The monoisotopic (exact) mass is 235 g/mol. The fraction of sp³-hybridized carbons (Fsp3) is 0.538.